The van der Waals surface area contributed by atoms with Crippen molar-refractivity contribution >= 4 is 29.1 Å². The average Bonchev–Trinajstić information content (AvgIpc) is 3.15. The van der Waals surface area contributed by atoms with E-state index in [-0.39, 0.29) is 42.5 Å². The monoisotopic (exact) mass is 436 g/mol. The van der Waals surface area contributed by atoms with Crippen LogP contribution in [-0.4, -0.2) is 50.7 Å². The third kappa shape index (κ3) is 6.78. The molecule has 11 heteroatoms. The van der Waals surface area contributed by atoms with Gasteiger partial charge in [0.25, 0.3) is 5.56 Å². The van der Waals surface area contributed by atoms with Crippen LogP contribution in [0, 0.1) is 11.8 Å². The summed E-state index contributed by atoms with van der Waals surface area (Å²) < 4.78 is 12.4. The highest BCUT2D eigenvalue weighted by atomic mass is 16.5. The summed E-state index contributed by atoms with van der Waals surface area (Å²) in [4.78, 5) is 46.6. The van der Waals surface area contributed by atoms with E-state index in [9.17, 15) is 14.4 Å². The zero-order chi connectivity index (χ0) is 23.0. The molecule has 2 aromatic heterocycles. The number of carbonyl (C=O) groups excluding carboxylic acids is 2. The zero-order valence-electron chi connectivity index (χ0n) is 18.3. The summed E-state index contributed by atoms with van der Waals surface area (Å²) in [5.74, 6) is -1.04. The number of hydrogen-bond acceptors (Lipinski definition) is 9. The maximum absolute atomic E-state index is 12.2. The highest BCUT2D eigenvalue weighted by Crippen LogP contribution is 2.14. The molecule has 2 aromatic rings. The van der Waals surface area contributed by atoms with Crippen molar-refractivity contribution < 1.29 is 19.1 Å². The van der Waals surface area contributed by atoms with E-state index in [1.165, 1.54) is 6.33 Å². The van der Waals surface area contributed by atoms with Gasteiger partial charge < -0.3 is 25.5 Å². The number of rotatable bonds is 12. The molecular formula is C20H32N6O5. The predicted molar refractivity (Wildman–Crippen MR) is 115 cm³/mol. The Morgan fingerprint density at radius 2 is 1.97 bits per heavy atom. The number of nitrogens with one attached hydrogen (secondary N) is 1. The van der Waals surface area contributed by atoms with Crippen LogP contribution in [-0.2, 0) is 25.6 Å². The summed E-state index contributed by atoms with van der Waals surface area (Å²) >= 11 is 0. The largest absolute Gasteiger partial charge is 0.465 e. The molecule has 0 aliphatic heterocycles. The molecule has 0 radical (unpaired) electrons. The molecule has 0 spiro atoms. The number of ether oxygens (including phenoxy) is 2. The molecule has 0 aliphatic carbocycles. The highest BCUT2D eigenvalue weighted by Gasteiger charge is 2.23. The van der Waals surface area contributed by atoms with Gasteiger partial charge in [-0.05, 0) is 18.8 Å². The topological polar surface area (TPSA) is 168 Å². The lowest BCUT2D eigenvalue weighted by molar-refractivity contribution is -0.151. The van der Waals surface area contributed by atoms with Gasteiger partial charge in [-0.1, -0.05) is 27.2 Å². The number of nitrogen functional groups attached to an aromatic ring is 1. The summed E-state index contributed by atoms with van der Waals surface area (Å²) in [5, 5.41) is 0. The number of nitrogens with two attached hydrogens (primary N) is 2. The van der Waals surface area contributed by atoms with Crippen molar-refractivity contribution in [2.45, 2.75) is 59.0 Å². The molecule has 3 atom stereocenters. The summed E-state index contributed by atoms with van der Waals surface area (Å²) in [7, 11) is 0. The molecule has 11 nitrogen and oxygen atoms in total. The zero-order valence-corrected chi connectivity index (χ0v) is 18.3. The minimum Gasteiger partial charge on any atom is -0.465 e. The molecule has 2 heterocycles. The van der Waals surface area contributed by atoms with Crippen LogP contribution in [0.15, 0.2) is 11.1 Å². The van der Waals surface area contributed by atoms with Crippen LogP contribution in [0.1, 0.15) is 46.5 Å². The van der Waals surface area contributed by atoms with Crippen molar-refractivity contribution in [3.63, 3.8) is 0 Å². The van der Waals surface area contributed by atoms with Crippen molar-refractivity contribution in [3.05, 3.63) is 16.7 Å². The normalized spacial score (nSPS) is 14.2. The van der Waals surface area contributed by atoms with E-state index >= 15 is 0 Å². The van der Waals surface area contributed by atoms with Gasteiger partial charge in [0, 0.05) is 18.9 Å². The number of hydrogen-bond donors (Lipinski definition) is 3. The van der Waals surface area contributed by atoms with Gasteiger partial charge in [-0.15, -0.1) is 0 Å². The molecule has 2 rings (SSSR count). The van der Waals surface area contributed by atoms with E-state index in [1.807, 2.05) is 20.8 Å². The Kier molecular flexibility index (Phi) is 8.98. The van der Waals surface area contributed by atoms with Crippen LogP contribution < -0.4 is 17.0 Å². The fraction of sp³-hybridized carbons (Fsp3) is 0.650. The molecule has 0 fully saturated rings. The second kappa shape index (κ2) is 11.4. The van der Waals surface area contributed by atoms with Gasteiger partial charge >= 0.3 is 11.9 Å². The number of nitrogens with zero attached hydrogens (tertiary/aromatic N) is 3. The van der Waals surface area contributed by atoms with Crippen molar-refractivity contribution in [2.75, 3.05) is 18.9 Å². The molecular weight excluding hydrogens is 404 g/mol. The average molecular weight is 437 g/mol. The number of aromatic amines is 1. The third-order valence-corrected chi connectivity index (χ3v) is 5.20. The lowest BCUT2D eigenvalue weighted by Crippen LogP contribution is -2.39. The van der Waals surface area contributed by atoms with E-state index in [2.05, 4.69) is 15.0 Å². The van der Waals surface area contributed by atoms with E-state index in [4.69, 9.17) is 20.9 Å². The van der Waals surface area contributed by atoms with Crippen LogP contribution in [0.2, 0.25) is 0 Å². The summed E-state index contributed by atoms with van der Waals surface area (Å²) in [6.07, 6.45) is 3.76. The standard InChI is InChI=1S/C20H32N6O5/c1-4-6-14(27)30-9-13(10-31-19(29)15(21)12(3)5-2)7-8-26-11-23-16-17(26)24-20(22)25-18(16)28/h11-13,15H,4-10,21H2,1-3H3,(H3,22,24,25,28)/t12?,13?,15-/m0/s1. The number of carbonyl (C=O) groups is 2. The van der Waals surface area contributed by atoms with Gasteiger partial charge in [-0.2, -0.15) is 4.98 Å². The Labute approximate surface area is 180 Å². The molecule has 2 unspecified atom stereocenters. The van der Waals surface area contributed by atoms with Gasteiger partial charge in [0.15, 0.2) is 11.2 Å². The van der Waals surface area contributed by atoms with Crippen LogP contribution in [0.25, 0.3) is 11.2 Å². The van der Waals surface area contributed by atoms with Crippen LogP contribution in [0.3, 0.4) is 0 Å². The third-order valence-electron chi connectivity index (χ3n) is 5.20. The molecule has 172 valence electrons. The first kappa shape index (κ1) is 24.3. The number of aryl methyl sites for hydroxylation is 1. The first-order valence-electron chi connectivity index (χ1n) is 10.5. The quantitative estimate of drug-likeness (QED) is 0.410. The second-order valence-electron chi connectivity index (χ2n) is 7.69. The molecule has 0 saturated carbocycles. The number of anilines is 1. The molecule has 0 saturated heterocycles. The predicted octanol–water partition coefficient (Wildman–Crippen LogP) is 0.968. The van der Waals surface area contributed by atoms with Crippen molar-refractivity contribution in [1.82, 2.24) is 19.5 Å². The summed E-state index contributed by atoms with van der Waals surface area (Å²) in [5.41, 5.74) is 11.7. The molecule has 0 aromatic carbocycles. The Morgan fingerprint density at radius 3 is 2.65 bits per heavy atom. The summed E-state index contributed by atoms with van der Waals surface area (Å²) in [6.45, 7) is 6.31. The maximum atomic E-state index is 12.2. The number of aromatic nitrogens is 4. The van der Waals surface area contributed by atoms with Gasteiger partial charge in [0.1, 0.15) is 6.04 Å². The van der Waals surface area contributed by atoms with E-state index in [0.29, 0.717) is 31.5 Å². The van der Waals surface area contributed by atoms with Crippen LogP contribution >= 0.6 is 0 Å². The lowest BCUT2D eigenvalue weighted by atomic mass is 10.0. The summed E-state index contributed by atoms with van der Waals surface area (Å²) in [6, 6.07) is -0.704. The van der Waals surface area contributed by atoms with Crippen molar-refractivity contribution in [3.8, 4) is 0 Å². The lowest BCUT2D eigenvalue weighted by Gasteiger charge is -2.21. The number of esters is 2. The van der Waals surface area contributed by atoms with Crippen LogP contribution in [0.4, 0.5) is 5.95 Å². The first-order chi connectivity index (χ1) is 14.8. The van der Waals surface area contributed by atoms with Gasteiger partial charge in [0.05, 0.1) is 19.5 Å². The van der Waals surface area contributed by atoms with E-state index in [1.54, 1.807) is 4.57 Å². The minimum atomic E-state index is -0.704. The number of fused-ring (bicyclic) bond motifs is 1. The Bertz CT molecular complexity index is 940. The molecule has 31 heavy (non-hydrogen) atoms. The fourth-order valence-corrected chi connectivity index (χ4v) is 2.94. The van der Waals surface area contributed by atoms with Crippen LogP contribution in [0.5, 0.6) is 0 Å². The van der Waals surface area contributed by atoms with Crippen molar-refractivity contribution in [2.24, 2.45) is 17.6 Å². The first-order valence-corrected chi connectivity index (χ1v) is 10.5. The molecule has 0 amide bonds. The van der Waals surface area contributed by atoms with E-state index < -0.39 is 17.6 Å². The highest BCUT2D eigenvalue weighted by molar-refractivity contribution is 5.75. The van der Waals surface area contributed by atoms with Crippen molar-refractivity contribution in [1.29, 1.82) is 0 Å². The number of imidazole rings is 1. The molecule has 0 bridgehead atoms. The van der Waals surface area contributed by atoms with Gasteiger partial charge in [-0.25, -0.2) is 4.98 Å². The van der Waals surface area contributed by atoms with Gasteiger partial charge in [-0.3, -0.25) is 19.4 Å². The van der Waals surface area contributed by atoms with Gasteiger partial charge in [0.2, 0.25) is 5.95 Å². The maximum Gasteiger partial charge on any atom is 0.323 e. The minimum absolute atomic E-state index is 0.000250. The Morgan fingerprint density at radius 1 is 1.26 bits per heavy atom. The smallest absolute Gasteiger partial charge is 0.323 e. The fourth-order valence-electron chi connectivity index (χ4n) is 2.94. The molecule has 5 N–H and O–H groups in total. The SMILES string of the molecule is CCCC(=O)OCC(CCn1cnc2c(=O)[nH]c(N)nc21)COC(=O)[C@@H](N)C(C)CC. The Balaban J connectivity index is 2.05. The second-order valence-corrected chi connectivity index (χ2v) is 7.69. The van der Waals surface area contributed by atoms with E-state index in [0.717, 1.165) is 6.42 Å². The molecule has 0 aliphatic rings. The number of H-pyrrole nitrogens is 1. The Hall–Kier alpha value is -2.95.